The molecule has 0 bridgehead atoms. The van der Waals surface area contributed by atoms with E-state index >= 15 is 0 Å². The van der Waals surface area contributed by atoms with Crippen LogP contribution < -0.4 is 10.3 Å². The molecule has 2 saturated heterocycles. The first-order chi connectivity index (χ1) is 18.5. The van der Waals surface area contributed by atoms with E-state index in [1.807, 2.05) is 50.5 Å². The zero-order chi connectivity index (χ0) is 26.1. The summed E-state index contributed by atoms with van der Waals surface area (Å²) in [6, 6.07) is 17.1. The van der Waals surface area contributed by atoms with Gasteiger partial charge in [-0.2, -0.15) is 0 Å². The van der Waals surface area contributed by atoms with E-state index < -0.39 is 0 Å². The molecule has 7 nitrogen and oxygen atoms in total. The van der Waals surface area contributed by atoms with Crippen LogP contribution in [-0.4, -0.2) is 51.8 Å². The van der Waals surface area contributed by atoms with Crippen molar-refractivity contribution in [2.75, 3.05) is 31.2 Å². The van der Waals surface area contributed by atoms with Crippen molar-refractivity contribution < 1.29 is 4.74 Å². The van der Waals surface area contributed by atoms with Crippen LogP contribution in [0.3, 0.4) is 0 Å². The van der Waals surface area contributed by atoms with Crippen molar-refractivity contribution >= 4 is 16.6 Å². The number of ether oxygens (including phenoxy) is 1. The number of fused-ring (bicyclic) bond motifs is 1. The fourth-order valence-corrected chi connectivity index (χ4v) is 5.76. The lowest BCUT2D eigenvalue weighted by molar-refractivity contribution is -0.0217. The molecule has 0 aliphatic carbocycles. The van der Waals surface area contributed by atoms with Gasteiger partial charge in [0, 0.05) is 67.0 Å². The average Bonchev–Trinajstić information content (AvgIpc) is 2.90. The quantitative estimate of drug-likeness (QED) is 0.361. The molecule has 6 rings (SSSR count). The van der Waals surface area contributed by atoms with E-state index in [9.17, 15) is 4.79 Å². The highest BCUT2D eigenvalue weighted by atomic mass is 16.5. The second kappa shape index (κ2) is 10.7. The van der Waals surface area contributed by atoms with Crippen LogP contribution >= 0.6 is 0 Å². The first kappa shape index (κ1) is 24.8. The van der Waals surface area contributed by atoms with Gasteiger partial charge in [-0.15, -0.1) is 0 Å². The maximum absolute atomic E-state index is 13.8. The van der Waals surface area contributed by atoms with Crippen molar-refractivity contribution in [1.29, 1.82) is 0 Å². The van der Waals surface area contributed by atoms with Crippen molar-refractivity contribution in [2.24, 2.45) is 0 Å². The molecule has 2 fully saturated rings. The summed E-state index contributed by atoms with van der Waals surface area (Å²) in [6.07, 6.45) is 8.15. The summed E-state index contributed by atoms with van der Waals surface area (Å²) >= 11 is 0. The normalized spacial score (nSPS) is 18.2. The van der Waals surface area contributed by atoms with Gasteiger partial charge in [-0.25, -0.2) is 0 Å². The van der Waals surface area contributed by atoms with Crippen LogP contribution in [-0.2, 0) is 17.8 Å². The lowest BCUT2D eigenvalue weighted by atomic mass is 10.0. The number of hydrogen-bond acceptors (Lipinski definition) is 6. The molecule has 0 saturated carbocycles. The van der Waals surface area contributed by atoms with E-state index in [2.05, 4.69) is 54.8 Å². The fraction of sp³-hybridized carbons (Fsp3) is 0.387. The highest BCUT2D eigenvalue weighted by molar-refractivity contribution is 5.79. The molecule has 1 aromatic carbocycles. The van der Waals surface area contributed by atoms with E-state index in [1.54, 1.807) is 0 Å². The molecular weight excluding hydrogens is 474 g/mol. The van der Waals surface area contributed by atoms with Crippen LogP contribution in [0, 0.1) is 13.8 Å². The highest BCUT2D eigenvalue weighted by Crippen LogP contribution is 2.27. The predicted molar refractivity (Wildman–Crippen MR) is 150 cm³/mol. The predicted octanol–water partition coefficient (Wildman–Crippen LogP) is 4.65. The molecule has 3 aromatic heterocycles. The maximum Gasteiger partial charge on any atom is 0.193 e. The molecule has 2 aliphatic rings. The molecule has 0 N–H and O–H groups in total. The average molecular weight is 510 g/mol. The van der Waals surface area contributed by atoms with Gasteiger partial charge in [-0.1, -0.05) is 12.1 Å². The Hall–Kier alpha value is -3.55. The molecule has 4 aromatic rings. The van der Waals surface area contributed by atoms with Crippen LogP contribution in [0.5, 0.6) is 0 Å². The highest BCUT2D eigenvalue weighted by Gasteiger charge is 2.28. The van der Waals surface area contributed by atoms with Crippen molar-refractivity contribution in [3.8, 4) is 0 Å². The van der Waals surface area contributed by atoms with E-state index in [-0.39, 0.29) is 11.5 Å². The lowest BCUT2D eigenvalue weighted by Gasteiger charge is -2.40. The first-order valence-electron chi connectivity index (χ1n) is 13.6. The summed E-state index contributed by atoms with van der Waals surface area (Å²) in [4.78, 5) is 27.6. The monoisotopic (exact) mass is 509 g/mol. The first-order valence-corrected chi connectivity index (χ1v) is 13.6. The summed E-state index contributed by atoms with van der Waals surface area (Å²) in [6.45, 7) is 8.73. The number of nitrogens with zero attached hydrogens (tertiary/aromatic N) is 5. The van der Waals surface area contributed by atoms with Crippen molar-refractivity contribution in [2.45, 2.75) is 51.9 Å². The summed E-state index contributed by atoms with van der Waals surface area (Å²) in [5.41, 5.74) is 6.39. The van der Waals surface area contributed by atoms with Crippen LogP contribution in [0.4, 0.5) is 5.69 Å². The Balaban J connectivity index is 1.35. The minimum Gasteiger partial charge on any atom is -0.377 e. The lowest BCUT2D eigenvalue weighted by Crippen LogP contribution is -2.48. The van der Waals surface area contributed by atoms with Crippen LogP contribution in [0.1, 0.15) is 41.4 Å². The second-order valence-corrected chi connectivity index (χ2v) is 10.7. The van der Waals surface area contributed by atoms with Crippen molar-refractivity contribution in [3.63, 3.8) is 0 Å². The van der Waals surface area contributed by atoms with Gasteiger partial charge >= 0.3 is 0 Å². The zero-order valence-electron chi connectivity index (χ0n) is 22.2. The van der Waals surface area contributed by atoms with Gasteiger partial charge in [0.15, 0.2) is 5.43 Å². The SMILES string of the molecule is Cc1ccc(N2CCCC(N(Cc3ccnc(C)c3)Cc3cn(C4COC4)c4ccccc4c3=O)C2)cn1. The van der Waals surface area contributed by atoms with Crippen LogP contribution in [0.25, 0.3) is 10.9 Å². The standard InChI is InChI=1S/C31H35N5O2/c1-22-9-10-26(15-33-22)34-13-5-6-27(19-34)35(16-24-11-12-32-23(2)14-24)17-25-18-36(28-20-38-21-28)30-8-4-3-7-29(30)31(25)37/h3-4,7-12,14-15,18,27-28H,5-6,13,16-17,19-21H2,1-2H3. The summed E-state index contributed by atoms with van der Waals surface area (Å²) in [5.74, 6) is 0. The molecule has 1 unspecified atom stereocenters. The van der Waals surface area contributed by atoms with Gasteiger partial charge in [0.1, 0.15) is 0 Å². The van der Waals surface area contributed by atoms with Gasteiger partial charge in [0.05, 0.1) is 36.7 Å². The van der Waals surface area contributed by atoms with E-state index in [4.69, 9.17) is 4.74 Å². The zero-order valence-corrected chi connectivity index (χ0v) is 22.2. The summed E-state index contributed by atoms with van der Waals surface area (Å²) in [5, 5.41) is 0.785. The largest absolute Gasteiger partial charge is 0.377 e. The molecule has 2 aliphatic heterocycles. The number of piperidine rings is 1. The minimum atomic E-state index is 0.128. The Morgan fingerprint density at radius 2 is 1.89 bits per heavy atom. The minimum absolute atomic E-state index is 0.128. The fourth-order valence-electron chi connectivity index (χ4n) is 5.76. The molecule has 5 heterocycles. The Morgan fingerprint density at radius 3 is 2.66 bits per heavy atom. The van der Waals surface area contributed by atoms with Gasteiger partial charge in [0.25, 0.3) is 0 Å². The van der Waals surface area contributed by atoms with E-state index in [0.717, 1.165) is 66.0 Å². The Kier molecular flexibility index (Phi) is 6.96. The Labute approximate surface area is 223 Å². The number of hydrogen-bond donors (Lipinski definition) is 0. The summed E-state index contributed by atoms with van der Waals surface area (Å²) in [7, 11) is 0. The number of benzene rings is 1. The summed E-state index contributed by atoms with van der Waals surface area (Å²) < 4.78 is 7.77. The van der Waals surface area contributed by atoms with E-state index in [1.165, 1.54) is 5.56 Å². The number of pyridine rings is 3. The van der Waals surface area contributed by atoms with Gasteiger partial charge < -0.3 is 14.2 Å². The maximum atomic E-state index is 13.8. The molecule has 0 radical (unpaired) electrons. The third-order valence-corrected chi connectivity index (χ3v) is 7.92. The molecule has 0 spiro atoms. The molecule has 1 atom stereocenters. The molecular formula is C31H35N5O2. The van der Waals surface area contributed by atoms with Gasteiger partial charge in [0.2, 0.25) is 0 Å². The second-order valence-electron chi connectivity index (χ2n) is 10.7. The number of para-hydroxylation sites is 1. The number of aromatic nitrogens is 3. The smallest absolute Gasteiger partial charge is 0.193 e. The van der Waals surface area contributed by atoms with Gasteiger partial charge in [-0.05, 0) is 68.7 Å². The number of rotatable bonds is 7. The van der Waals surface area contributed by atoms with Crippen LogP contribution in [0.2, 0.25) is 0 Å². The molecule has 7 heteroatoms. The van der Waals surface area contributed by atoms with Crippen LogP contribution in [0.15, 0.2) is 71.9 Å². The number of aryl methyl sites for hydroxylation is 2. The third kappa shape index (κ3) is 5.08. The third-order valence-electron chi connectivity index (χ3n) is 7.92. The van der Waals surface area contributed by atoms with E-state index in [0.29, 0.717) is 25.8 Å². The van der Waals surface area contributed by atoms with Gasteiger partial charge in [-0.3, -0.25) is 19.7 Å². The van der Waals surface area contributed by atoms with Crippen molar-refractivity contribution in [1.82, 2.24) is 19.4 Å². The Bertz CT molecular complexity index is 1480. The molecule has 196 valence electrons. The topological polar surface area (TPSA) is 63.5 Å². The van der Waals surface area contributed by atoms with Crippen molar-refractivity contribution in [3.05, 3.63) is 99.9 Å². The Morgan fingerprint density at radius 1 is 1.03 bits per heavy atom. The molecule has 0 amide bonds. The molecule has 38 heavy (non-hydrogen) atoms. The number of anilines is 1.